The van der Waals surface area contributed by atoms with Crippen LogP contribution in [0.2, 0.25) is 0 Å². The smallest absolute Gasteiger partial charge is 0.225 e. The van der Waals surface area contributed by atoms with E-state index >= 15 is 0 Å². The molecule has 0 aliphatic heterocycles. The fourth-order valence-electron chi connectivity index (χ4n) is 1.33. The van der Waals surface area contributed by atoms with E-state index in [-0.39, 0.29) is 0 Å². The molecular weight excluding hydrogens is 198 g/mol. The molecule has 0 radical (unpaired) electrons. The highest BCUT2D eigenvalue weighted by molar-refractivity contribution is 6.16. The van der Waals surface area contributed by atoms with E-state index in [1.165, 1.54) is 0 Å². The number of aryl methyl sites for hydroxylation is 1. The molecule has 4 heteroatoms. The van der Waals surface area contributed by atoms with E-state index in [2.05, 4.69) is 28.7 Å². The minimum absolute atomic E-state index is 0.442. The van der Waals surface area contributed by atoms with Crippen LogP contribution in [0.25, 0.3) is 0 Å². The van der Waals surface area contributed by atoms with E-state index in [9.17, 15) is 0 Å². The van der Waals surface area contributed by atoms with E-state index in [1.54, 1.807) is 0 Å². The molecule has 0 amide bonds. The first-order valence-corrected chi connectivity index (χ1v) is 5.40. The number of hydrogen-bond donors (Lipinski definition) is 0. The summed E-state index contributed by atoms with van der Waals surface area (Å²) in [7, 11) is 0. The third kappa shape index (κ3) is 2.58. The lowest BCUT2D eigenvalue weighted by Crippen LogP contribution is -2.24. The van der Waals surface area contributed by atoms with Gasteiger partial charge in [0.25, 0.3) is 0 Å². The van der Waals surface area contributed by atoms with Gasteiger partial charge in [0.2, 0.25) is 5.95 Å². The lowest BCUT2D eigenvalue weighted by Gasteiger charge is -2.19. The maximum atomic E-state index is 5.75. The van der Waals surface area contributed by atoms with Crippen molar-refractivity contribution in [1.29, 1.82) is 0 Å². The number of rotatable bonds is 4. The first kappa shape index (κ1) is 11.2. The Kier molecular flexibility index (Phi) is 4.14. The molecule has 1 aromatic heterocycles. The van der Waals surface area contributed by atoms with Gasteiger partial charge in [0, 0.05) is 18.8 Å². The summed E-state index contributed by atoms with van der Waals surface area (Å²) in [4.78, 5) is 10.9. The predicted molar refractivity (Wildman–Crippen MR) is 59.9 cm³/mol. The van der Waals surface area contributed by atoms with Crippen LogP contribution in [0.4, 0.5) is 5.95 Å². The molecule has 0 spiro atoms. The highest BCUT2D eigenvalue weighted by Crippen LogP contribution is 2.11. The molecule has 0 saturated carbocycles. The monoisotopic (exact) mass is 213 g/mol. The quantitative estimate of drug-likeness (QED) is 0.720. The van der Waals surface area contributed by atoms with E-state index in [0.29, 0.717) is 5.88 Å². The molecule has 1 heterocycles. The summed E-state index contributed by atoms with van der Waals surface area (Å²) in [5.74, 6) is 1.23. The van der Waals surface area contributed by atoms with E-state index in [4.69, 9.17) is 11.6 Å². The van der Waals surface area contributed by atoms with Crippen LogP contribution in [-0.2, 0) is 5.88 Å². The van der Waals surface area contributed by atoms with E-state index in [1.807, 2.05) is 13.0 Å². The Morgan fingerprint density at radius 2 is 1.93 bits per heavy atom. The van der Waals surface area contributed by atoms with Crippen molar-refractivity contribution in [3.05, 3.63) is 17.5 Å². The summed E-state index contributed by atoms with van der Waals surface area (Å²) >= 11 is 5.75. The summed E-state index contributed by atoms with van der Waals surface area (Å²) in [5, 5.41) is 0. The molecule has 0 unspecified atom stereocenters. The lowest BCUT2D eigenvalue weighted by atomic mass is 10.3. The molecule has 0 N–H and O–H groups in total. The van der Waals surface area contributed by atoms with Gasteiger partial charge in [-0.05, 0) is 26.8 Å². The van der Waals surface area contributed by atoms with Crippen molar-refractivity contribution in [2.24, 2.45) is 0 Å². The second-order valence-corrected chi connectivity index (χ2v) is 3.37. The number of alkyl halides is 1. The third-order valence-corrected chi connectivity index (χ3v) is 2.35. The average molecular weight is 214 g/mol. The van der Waals surface area contributed by atoms with Gasteiger partial charge in [-0.25, -0.2) is 9.97 Å². The van der Waals surface area contributed by atoms with Crippen molar-refractivity contribution in [2.75, 3.05) is 18.0 Å². The molecule has 0 fully saturated rings. The number of hydrogen-bond acceptors (Lipinski definition) is 3. The van der Waals surface area contributed by atoms with Gasteiger partial charge in [0.05, 0.1) is 11.6 Å². The molecule has 0 saturated heterocycles. The van der Waals surface area contributed by atoms with Gasteiger partial charge in [-0.3, -0.25) is 0 Å². The van der Waals surface area contributed by atoms with Crippen LogP contribution in [0.1, 0.15) is 25.2 Å². The van der Waals surface area contributed by atoms with Gasteiger partial charge in [-0.2, -0.15) is 0 Å². The molecule has 1 rings (SSSR count). The molecule has 0 atom stereocenters. The summed E-state index contributed by atoms with van der Waals surface area (Å²) in [5.41, 5.74) is 1.86. The fraction of sp³-hybridized carbons (Fsp3) is 0.600. The van der Waals surface area contributed by atoms with Crippen LogP contribution < -0.4 is 4.90 Å². The highest BCUT2D eigenvalue weighted by atomic mass is 35.5. The Hall–Kier alpha value is -0.830. The number of nitrogens with zero attached hydrogens (tertiary/aromatic N) is 3. The van der Waals surface area contributed by atoms with Gasteiger partial charge in [0.15, 0.2) is 0 Å². The van der Waals surface area contributed by atoms with Crippen molar-refractivity contribution in [3.63, 3.8) is 0 Å². The molecule has 0 aliphatic carbocycles. The van der Waals surface area contributed by atoms with Gasteiger partial charge in [-0.15, -0.1) is 11.6 Å². The largest absolute Gasteiger partial charge is 0.341 e. The summed E-state index contributed by atoms with van der Waals surface area (Å²) in [6.45, 7) is 7.99. The second-order valence-electron chi connectivity index (χ2n) is 3.11. The van der Waals surface area contributed by atoms with Crippen LogP contribution in [0.5, 0.6) is 0 Å². The van der Waals surface area contributed by atoms with Crippen molar-refractivity contribution in [3.8, 4) is 0 Å². The zero-order valence-electron chi connectivity index (χ0n) is 8.92. The number of anilines is 1. The van der Waals surface area contributed by atoms with Crippen LogP contribution in [-0.4, -0.2) is 23.1 Å². The normalized spacial score (nSPS) is 10.3. The predicted octanol–water partition coefficient (Wildman–Crippen LogP) is 2.37. The fourth-order valence-corrected chi connectivity index (χ4v) is 1.47. The number of aromatic nitrogens is 2. The van der Waals surface area contributed by atoms with Crippen molar-refractivity contribution >= 4 is 17.5 Å². The van der Waals surface area contributed by atoms with Crippen LogP contribution >= 0.6 is 11.6 Å². The van der Waals surface area contributed by atoms with Gasteiger partial charge in [0.1, 0.15) is 0 Å². The zero-order chi connectivity index (χ0) is 10.6. The van der Waals surface area contributed by atoms with Gasteiger partial charge >= 0.3 is 0 Å². The van der Waals surface area contributed by atoms with Gasteiger partial charge < -0.3 is 4.90 Å². The van der Waals surface area contributed by atoms with Crippen LogP contribution in [0, 0.1) is 6.92 Å². The first-order chi connectivity index (χ1) is 6.71. The molecule has 0 aliphatic rings. The minimum Gasteiger partial charge on any atom is -0.341 e. The molecular formula is C10H16ClN3. The Labute approximate surface area is 90.1 Å². The molecule has 3 nitrogen and oxygen atoms in total. The molecule has 14 heavy (non-hydrogen) atoms. The first-order valence-electron chi connectivity index (χ1n) is 4.86. The van der Waals surface area contributed by atoms with Crippen molar-refractivity contribution in [1.82, 2.24) is 9.97 Å². The second kappa shape index (κ2) is 5.15. The topological polar surface area (TPSA) is 29.0 Å². The Morgan fingerprint density at radius 3 is 2.43 bits per heavy atom. The highest BCUT2D eigenvalue weighted by Gasteiger charge is 2.06. The van der Waals surface area contributed by atoms with Crippen LogP contribution in [0.3, 0.4) is 0 Å². The minimum atomic E-state index is 0.442. The van der Waals surface area contributed by atoms with Gasteiger partial charge in [-0.1, -0.05) is 0 Å². The Morgan fingerprint density at radius 1 is 1.29 bits per heavy atom. The summed E-state index contributed by atoms with van der Waals surface area (Å²) < 4.78 is 0. The lowest BCUT2D eigenvalue weighted by molar-refractivity contribution is 0.809. The average Bonchev–Trinajstić information content (AvgIpc) is 2.19. The summed E-state index contributed by atoms with van der Waals surface area (Å²) in [6.07, 6.45) is 0. The van der Waals surface area contributed by atoms with E-state index in [0.717, 1.165) is 30.4 Å². The third-order valence-electron chi connectivity index (χ3n) is 2.08. The standard InChI is InChI=1S/C10H16ClN3/c1-4-14(5-2)10-12-8(3)6-9(7-11)13-10/h6H,4-5,7H2,1-3H3. The van der Waals surface area contributed by atoms with Crippen LogP contribution in [0.15, 0.2) is 6.07 Å². The maximum Gasteiger partial charge on any atom is 0.225 e. The summed E-state index contributed by atoms with van der Waals surface area (Å²) in [6, 6.07) is 1.92. The molecule has 0 bridgehead atoms. The Balaban J connectivity index is 3.01. The SMILES string of the molecule is CCN(CC)c1nc(C)cc(CCl)n1. The van der Waals surface area contributed by atoms with Crippen molar-refractivity contribution < 1.29 is 0 Å². The molecule has 0 aromatic carbocycles. The zero-order valence-corrected chi connectivity index (χ0v) is 9.67. The van der Waals surface area contributed by atoms with E-state index < -0.39 is 0 Å². The maximum absolute atomic E-state index is 5.75. The number of halogens is 1. The molecule has 78 valence electrons. The molecule has 1 aromatic rings. The van der Waals surface area contributed by atoms with Crippen molar-refractivity contribution in [2.45, 2.75) is 26.7 Å². The Bertz CT molecular complexity index is 297.